The Morgan fingerprint density at radius 3 is 2.61 bits per heavy atom. The molecule has 1 unspecified atom stereocenters. The van der Waals surface area contributed by atoms with Gasteiger partial charge in [0.15, 0.2) is 0 Å². The second-order valence-electron chi connectivity index (χ2n) is 3.83. The van der Waals surface area contributed by atoms with Crippen LogP contribution >= 0.6 is 27.7 Å². The van der Waals surface area contributed by atoms with Crippen LogP contribution in [0.1, 0.15) is 10.8 Å². The van der Waals surface area contributed by atoms with Crippen molar-refractivity contribution in [2.45, 2.75) is 10.1 Å². The maximum atomic E-state index is 13.2. The van der Waals surface area contributed by atoms with Crippen LogP contribution in [0, 0.1) is 5.82 Å². The molecule has 2 N–H and O–H groups in total. The maximum Gasteiger partial charge on any atom is 0.123 e. The summed E-state index contributed by atoms with van der Waals surface area (Å²) in [4.78, 5) is 1.11. The largest absolute Gasteiger partial charge is 0.329 e. The highest BCUT2D eigenvalue weighted by Crippen LogP contribution is 2.38. The van der Waals surface area contributed by atoms with E-state index in [9.17, 15) is 4.39 Å². The van der Waals surface area contributed by atoms with Gasteiger partial charge in [0.25, 0.3) is 0 Å². The number of rotatable bonds is 4. The van der Waals surface area contributed by atoms with E-state index in [-0.39, 0.29) is 11.1 Å². The molecule has 0 aliphatic carbocycles. The highest BCUT2D eigenvalue weighted by atomic mass is 79.9. The average molecular weight is 326 g/mol. The zero-order chi connectivity index (χ0) is 13.0. The summed E-state index contributed by atoms with van der Waals surface area (Å²) in [6, 6.07) is 14.6. The van der Waals surface area contributed by atoms with Gasteiger partial charge >= 0.3 is 0 Å². The van der Waals surface area contributed by atoms with Crippen molar-refractivity contribution in [3.8, 4) is 0 Å². The molecule has 0 bridgehead atoms. The van der Waals surface area contributed by atoms with Crippen molar-refractivity contribution in [3.63, 3.8) is 0 Å². The van der Waals surface area contributed by atoms with Crippen LogP contribution in [0.3, 0.4) is 0 Å². The zero-order valence-corrected chi connectivity index (χ0v) is 12.0. The molecule has 0 spiro atoms. The predicted octanol–water partition coefficient (Wildman–Crippen LogP) is 4.38. The predicted molar refractivity (Wildman–Crippen MR) is 78.2 cm³/mol. The molecular formula is C14H13BrFNS. The van der Waals surface area contributed by atoms with E-state index in [0.29, 0.717) is 6.54 Å². The van der Waals surface area contributed by atoms with Gasteiger partial charge in [-0.3, -0.25) is 0 Å². The first kappa shape index (κ1) is 13.6. The Kier molecular flexibility index (Phi) is 4.80. The van der Waals surface area contributed by atoms with E-state index in [1.54, 1.807) is 23.9 Å². The molecule has 18 heavy (non-hydrogen) atoms. The molecule has 0 heterocycles. The molecule has 0 aliphatic heterocycles. The molecular weight excluding hydrogens is 313 g/mol. The molecule has 2 aromatic rings. The third-order valence-electron chi connectivity index (χ3n) is 2.54. The lowest BCUT2D eigenvalue weighted by molar-refractivity contribution is 0.625. The van der Waals surface area contributed by atoms with E-state index in [2.05, 4.69) is 15.9 Å². The van der Waals surface area contributed by atoms with Crippen LogP contribution in [0.4, 0.5) is 4.39 Å². The van der Waals surface area contributed by atoms with Gasteiger partial charge in [0.05, 0.1) is 0 Å². The number of nitrogens with two attached hydrogens (primary N) is 1. The first-order chi connectivity index (χ1) is 8.70. The molecule has 1 nitrogen and oxygen atoms in total. The summed E-state index contributed by atoms with van der Waals surface area (Å²) in [6.07, 6.45) is 0. The van der Waals surface area contributed by atoms with E-state index in [0.717, 1.165) is 14.9 Å². The minimum absolute atomic E-state index is 0.0550. The van der Waals surface area contributed by atoms with Gasteiger partial charge in [0, 0.05) is 21.2 Å². The van der Waals surface area contributed by atoms with Gasteiger partial charge in [0.1, 0.15) is 5.82 Å². The molecule has 0 amide bonds. The van der Waals surface area contributed by atoms with E-state index in [1.807, 2.05) is 30.3 Å². The van der Waals surface area contributed by atoms with Gasteiger partial charge in [-0.25, -0.2) is 4.39 Å². The fourth-order valence-electron chi connectivity index (χ4n) is 1.65. The van der Waals surface area contributed by atoms with Gasteiger partial charge in [0.2, 0.25) is 0 Å². The highest BCUT2D eigenvalue weighted by Gasteiger charge is 2.13. The molecule has 2 rings (SSSR count). The summed E-state index contributed by atoms with van der Waals surface area (Å²) in [5.74, 6) is -0.223. The Morgan fingerprint density at radius 1 is 1.17 bits per heavy atom. The summed E-state index contributed by atoms with van der Waals surface area (Å²) in [5, 5.41) is 0.0550. The topological polar surface area (TPSA) is 26.0 Å². The minimum atomic E-state index is -0.223. The fraction of sp³-hybridized carbons (Fsp3) is 0.143. The first-order valence-electron chi connectivity index (χ1n) is 5.57. The molecule has 0 saturated heterocycles. The molecule has 2 aromatic carbocycles. The monoisotopic (exact) mass is 325 g/mol. The van der Waals surface area contributed by atoms with Crippen molar-refractivity contribution in [1.29, 1.82) is 0 Å². The standard InChI is InChI=1S/C14H13BrFNS/c15-12-6-1-2-7-13(12)18-14(9-17)10-4-3-5-11(16)8-10/h1-8,14H,9,17H2. The second kappa shape index (κ2) is 6.36. The Bertz CT molecular complexity index is 533. The molecule has 0 aromatic heterocycles. The summed E-state index contributed by atoms with van der Waals surface area (Å²) in [7, 11) is 0. The fourth-order valence-corrected chi connectivity index (χ4v) is 3.24. The van der Waals surface area contributed by atoms with Crippen LogP contribution in [0.2, 0.25) is 0 Å². The SMILES string of the molecule is NCC(Sc1ccccc1Br)c1cccc(F)c1. The molecule has 94 valence electrons. The molecule has 4 heteroatoms. The number of hydrogen-bond donors (Lipinski definition) is 1. The smallest absolute Gasteiger partial charge is 0.123 e. The number of hydrogen-bond acceptors (Lipinski definition) is 2. The quantitative estimate of drug-likeness (QED) is 0.844. The van der Waals surface area contributed by atoms with Crippen molar-refractivity contribution < 1.29 is 4.39 Å². The Morgan fingerprint density at radius 2 is 1.94 bits per heavy atom. The van der Waals surface area contributed by atoms with Crippen LogP contribution in [-0.2, 0) is 0 Å². The van der Waals surface area contributed by atoms with Gasteiger partial charge in [-0.05, 0) is 45.8 Å². The van der Waals surface area contributed by atoms with E-state index in [1.165, 1.54) is 6.07 Å². The minimum Gasteiger partial charge on any atom is -0.329 e. The summed E-state index contributed by atoms with van der Waals surface area (Å²) >= 11 is 5.14. The number of benzene rings is 2. The highest BCUT2D eigenvalue weighted by molar-refractivity contribution is 9.10. The lowest BCUT2D eigenvalue weighted by atomic mass is 10.1. The van der Waals surface area contributed by atoms with Gasteiger partial charge in [-0.15, -0.1) is 11.8 Å². The van der Waals surface area contributed by atoms with Crippen LogP contribution in [0.15, 0.2) is 57.9 Å². The molecule has 0 radical (unpaired) electrons. The van der Waals surface area contributed by atoms with Crippen LogP contribution < -0.4 is 5.73 Å². The van der Waals surface area contributed by atoms with Crippen molar-refractivity contribution in [1.82, 2.24) is 0 Å². The van der Waals surface area contributed by atoms with E-state index < -0.39 is 0 Å². The third kappa shape index (κ3) is 3.34. The molecule has 0 aliphatic rings. The number of thioether (sulfide) groups is 1. The summed E-state index contributed by atoms with van der Waals surface area (Å²) in [5.41, 5.74) is 6.71. The van der Waals surface area contributed by atoms with Crippen LogP contribution in [0.5, 0.6) is 0 Å². The molecule has 1 atom stereocenters. The second-order valence-corrected chi connectivity index (χ2v) is 5.93. The van der Waals surface area contributed by atoms with E-state index >= 15 is 0 Å². The lowest BCUT2D eigenvalue weighted by Gasteiger charge is -2.15. The summed E-state index contributed by atoms with van der Waals surface area (Å²) in [6.45, 7) is 0.468. The lowest BCUT2D eigenvalue weighted by Crippen LogP contribution is -2.09. The number of halogens is 2. The maximum absolute atomic E-state index is 13.2. The normalized spacial score (nSPS) is 12.4. The third-order valence-corrected chi connectivity index (χ3v) is 4.85. The average Bonchev–Trinajstić information content (AvgIpc) is 2.38. The zero-order valence-electron chi connectivity index (χ0n) is 9.64. The van der Waals surface area contributed by atoms with Crippen LogP contribution in [-0.4, -0.2) is 6.54 Å². The van der Waals surface area contributed by atoms with Crippen molar-refractivity contribution in [2.24, 2.45) is 5.73 Å². The van der Waals surface area contributed by atoms with Crippen LogP contribution in [0.25, 0.3) is 0 Å². The molecule has 0 fully saturated rings. The van der Waals surface area contributed by atoms with Crippen molar-refractivity contribution in [3.05, 3.63) is 64.4 Å². The van der Waals surface area contributed by atoms with E-state index in [4.69, 9.17) is 5.73 Å². The summed E-state index contributed by atoms with van der Waals surface area (Å²) < 4.78 is 14.3. The molecule has 0 saturated carbocycles. The van der Waals surface area contributed by atoms with Crippen molar-refractivity contribution in [2.75, 3.05) is 6.54 Å². The Labute approximate surface area is 119 Å². The van der Waals surface area contributed by atoms with Crippen molar-refractivity contribution >= 4 is 27.7 Å². The van der Waals surface area contributed by atoms with Gasteiger partial charge in [-0.2, -0.15) is 0 Å². The Balaban J connectivity index is 2.23. The first-order valence-corrected chi connectivity index (χ1v) is 7.24. The Hall–Kier alpha value is -0.840. The van der Waals surface area contributed by atoms with Gasteiger partial charge in [-0.1, -0.05) is 24.3 Å². The van der Waals surface area contributed by atoms with Gasteiger partial charge < -0.3 is 5.73 Å².